The van der Waals surface area contributed by atoms with Gasteiger partial charge >= 0.3 is 5.97 Å². The summed E-state index contributed by atoms with van der Waals surface area (Å²) in [6.07, 6.45) is 13.1. The molecule has 0 aliphatic heterocycles. The average Bonchev–Trinajstić information content (AvgIpc) is 2.56. The molecule has 0 fully saturated rings. The molecule has 1 unspecified atom stereocenters. The van der Waals surface area contributed by atoms with Gasteiger partial charge in [0.25, 0.3) is 0 Å². The van der Waals surface area contributed by atoms with Crippen LogP contribution in [0.4, 0.5) is 0 Å². The first-order valence-electron chi connectivity index (χ1n) is 8.36. The first kappa shape index (κ1) is 16.5. The summed E-state index contributed by atoms with van der Waals surface area (Å²) in [5.41, 5.74) is 1.58. The highest BCUT2D eigenvalue weighted by molar-refractivity contribution is 5.83. The number of hydrogen-bond donors (Lipinski definition) is 1. The lowest BCUT2D eigenvalue weighted by Crippen LogP contribution is -2.29. The van der Waals surface area contributed by atoms with Crippen molar-refractivity contribution in [1.29, 1.82) is 0 Å². The number of allylic oxidation sites excluding steroid dienone is 3. The molecule has 0 radical (unpaired) electrons. The van der Waals surface area contributed by atoms with Gasteiger partial charge in [-0.15, -0.1) is 0 Å². The summed E-state index contributed by atoms with van der Waals surface area (Å²) < 4.78 is 0. The summed E-state index contributed by atoms with van der Waals surface area (Å²) >= 11 is 0. The van der Waals surface area contributed by atoms with E-state index in [1.54, 1.807) is 0 Å². The standard InChI is InChI=1S/C20H26O2/c1-2-3-4-5-9-14-20(19(21)22)15-12-18(13-16-20)17-10-7-6-8-11-17/h6-8,10-13,15H,2-5,9,14,16H2,1H3,(H,21,22). The highest BCUT2D eigenvalue weighted by atomic mass is 16.4. The van der Waals surface area contributed by atoms with Crippen LogP contribution in [-0.4, -0.2) is 11.1 Å². The molecule has 118 valence electrons. The third-order valence-electron chi connectivity index (χ3n) is 4.53. The fraction of sp³-hybridized carbons (Fsp3) is 0.450. The van der Waals surface area contributed by atoms with Crippen LogP contribution in [0.3, 0.4) is 0 Å². The topological polar surface area (TPSA) is 37.3 Å². The van der Waals surface area contributed by atoms with Gasteiger partial charge in [0.15, 0.2) is 0 Å². The molecule has 1 aliphatic rings. The zero-order valence-electron chi connectivity index (χ0n) is 13.4. The Morgan fingerprint density at radius 1 is 1.14 bits per heavy atom. The van der Waals surface area contributed by atoms with E-state index in [1.807, 2.05) is 30.4 Å². The van der Waals surface area contributed by atoms with Gasteiger partial charge in [0.1, 0.15) is 0 Å². The van der Waals surface area contributed by atoms with Gasteiger partial charge in [-0.05, 0) is 24.0 Å². The van der Waals surface area contributed by atoms with Gasteiger partial charge in [-0.2, -0.15) is 0 Å². The van der Waals surface area contributed by atoms with E-state index in [9.17, 15) is 9.90 Å². The molecule has 0 saturated carbocycles. The van der Waals surface area contributed by atoms with Crippen LogP contribution >= 0.6 is 0 Å². The summed E-state index contributed by atoms with van der Waals surface area (Å²) in [6.45, 7) is 2.19. The molecule has 2 nitrogen and oxygen atoms in total. The van der Waals surface area contributed by atoms with Crippen LogP contribution in [-0.2, 0) is 4.79 Å². The molecule has 1 N–H and O–H groups in total. The summed E-state index contributed by atoms with van der Waals surface area (Å²) in [7, 11) is 0. The van der Waals surface area contributed by atoms with Crippen molar-refractivity contribution in [3.63, 3.8) is 0 Å². The molecule has 1 atom stereocenters. The zero-order chi connectivity index (χ0) is 15.8. The number of rotatable bonds is 8. The van der Waals surface area contributed by atoms with Crippen molar-refractivity contribution in [3.8, 4) is 0 Å². The number of hydrogen-bond acceptors (Lipinski definition) is 1. The second-order valence-corrected chi connectivity index (χ2v) is 6.19. The lowest BCUT2D eigenvalue weighted by atomic mass is 9.75. The predicted molar refractivity (Wildman–Crippen MR) is 91.6 cm³/mol. The number of carbonyl (C=O) groups is 1. The molecule has 2 rings (SSSR count). The Labute approximate surface area is 133 Å². The van der Waals surface area contributed by atoms with Crippen molar-refractivity contribution >= 4 is 11.5 Å². The Morgan fingerprint density at radius 2 is 1.86 bits per heavy atom. The Bertz CT molecular complexity index is 542. The van der Waals surface area contributed by atoms with E-state index in [4.69, 9.17) is 0 Å². The summed E-state index contributed by atoms with van der Waals surface area (Å²) in [4.78, 5) is 11.8. The van der Waals surface area contributed by atoms with Crippen LogP contribution in [0, 0.1) is 5.41 Å². The van der Waals surface area contributed by atoms with Gasteiger partial charge in [-0.3, -0.25) is 4.79 Å². The SMILES string of the molecule is CCCCCCCC1(C(=O)O)C=CC(c2ccccc2)=CC1. The number of carboxylic acid groups (broad SMARTS) is 1. The Kier molecular flexibility index (Phi) is 6.00. The van der Waals surface area contributed by atoms with Gasteiger partial charge in [-0.1, -0.05) is 87.6 Å². The molecule has 0 saturated heterocycles. The molecule has 22 heavy (non-hydrogen) atoms. The van der Waals surface area contributed by atoms with E-state index < -0.39 is 11.4 Å². The molecule has 0 aromatic heterocycles. The van der Waals surface area contributed by atoms with Crippen molar-refractivity contribution < 1.29 is 9.90 Å². The molecule has 0 amide bonds. The minimum absolute atomic E-state index is 0.594. The molecule has 1 aromatic carbocycles. The Hall–Kier alpha value is -1.83. The molecular weight excluding hydrogens is 272 g/mol. The maximum atomic E-state index is 11.8. The van der Waals surface area contributed by atoms with Crippen LogP contribution in [0.15, 0.2) is 48.6 Å². The van der Waals surface area contributed by atoms with E-state index in [2.05, 4.69) is 25.1 Å². The molecule has 1 aromatic rings. The van der Waals surface area contributed by atoms with Gasteiger partial charge in [0.2, 0.25) is 0 Å². The highest BCUT2D eigenvalue weighted by Crippen LogP contribution is 2.37. The number of carboxylic acids is 1. The largest absolute Gasteiger partial charge is 0.481 e. The van der Waals surface area contributed by atoms with Crippen LogP contribution < -0.4 is 0 Å². The third kappa shape index (κ3) is 4.09. The molecule has 0 spiro atoms. The van der Waals surface area contributed by atoms with Gasteiger partial charge < -0.3 is 5.11 Å². The maximum absolute atomic E-state index is 11.8. The van der Waals surface area contributed by atoms with E-state index in [0.717, 1.165) is 30.4 Å². The van der Waals surface area contributed by atoms with E-state index in [0.29, 0.717) is 6.42 Å². The molecular formula is C20H26O2. The van der Waals surface area contributed by atoms with Crippen LogP contribution in [0.25, 0.3) is 5.57 Å². The minimum atomic E-state index is -0.704. The van der Waals surface area contributed by atoms with Crippen molar-refractivity contribution in [1.82, 2.24) is 0 Å². The van der Waals surface area contributed by atoms with Crippen molar-refractivity contribution in [2.45, 2.75) is 51.9 Å². The van der Waals surface area contributed by atoms with Crippen LogP contribution in [0.1, 0.15) is 57.4 Å². The molecule has 2 heteroatoms. The number of unbranched alkanes of at least 4 members (excludes halogenated alkanes) is 4. The van der Waals surface area contributed by atoms with Crippen molar-refractivity contribution in [3.05, 3.63) is 54.1 Å². The first-order valence-corrected chi connectivity index (χ1v) is 8.36. The third-order valence-corrected chi connectivity index (χ3v) is 4.53. The zero-order valence-corrected chi connectivity index (χ0v) is 13.4. The quantitative estimate of drug-likeness (QED) is 0.647. The summed E-state index contributed by atoms with van der Waals surface area (Å²) in [5.74, 6) is -0.692. The van der Waals surface area contributed by atoms with Crippen molar-refractivity contribution in [2.24, 2.45) is 5.41 Å². The maximum Gasteiger partial charge on any atom is 0.313 e. The smallest absolute Gasteiger partial charge is 0.313 e. The van der Waals surface area contributed by atoms with Gasteiger partial charge in [0, 0.05) is 0 Å². The van der Waals surface area contributed by atoms with E-state index in [1.165, 1.54) is 19.3 Å². The Balaban J connectivity index is 1.99. The fourth-order valence-corrected chi connectivity index (χ4v) is 3.02. The molecule has 0 heterocycles. The van der Waals surface area contributed by atoms with Gasteiger partial charge in [0.05, 0.1) is 5.41 Å². The van der Waals surface area contributed by atoms with Crippen molar-refractivity contribution in [2.75, 3.05) is 0 Å². The lowest BCUT2D eigenvalue weighted by molar-refractivity contribution is -0.146. The van der Waals surface area contributed by atoms with E-state index >= 15 is 0 Å². The predicted octanol–water partition coefficient (Wildman–Crippen LogP) is 5.46. The fourth-order valence-electron chi connectivity index (χ4n) is 3.02. The monoisotopic (exact) mass is 298 g/mol. The number of aliphatic carboxylic acids is 1. The lowest BCUT2D eigenvalue weighted by Gasteiger charge is -2.28. The second kappa shape index (κ2) is 7.98. The minimum Gasteiger partial charge on any atom is -0.481 e. The normalized spacial score (nSPS) is 20.7. The molecule has 1 aliphatic carbocycles. The highest BCUT2D eigenvalue weighted by Gasteiger charge is 2.35. The first-order chi connectivity index (χ1) is 10.7. The number of benzene rings is 1. The average molecular weight is 298 g/mol. The Morgan fingerprint density at radius 3 is 2.45 bits per heavy atom. The second-order valence-electron chi connectivity index (χ2n) is 6.19. The van der Waals surface area contributed by atoms with Crippen LogP contribution in [0.2, 0.25) is 0 Å². The summed E-state index contributed by atoms with van der Waals surface area (Å²) in [6, 6.07) is 10.1. The summed E-state index contributed by atoms with van der Waals surface area (Å²) in [5, 5.41) is 9.67. The van der Waals surface area contributed by atoms with Gasteiger partial charge in [-0.25, -0.2) is 0 Å². The van der Waals surface area contributed by atoms with E-state index in [-0.39, 0.29) is 0 Å². The van der Waals surface area contributed by atoms with Crippen LogP contribution in [0.5, 0.6) is 0 Å². The molecule has 0 bridgehead atoms.